The Morgan fingerprint density at radius 3 is 2.61 bits per heavy atom. The highest BCUT2D eigenvalue weighted by atomic mass is 16.5. The van der Waals surface area contributed by atoms with Gasteiger partial charge in [0.15, 0.2) is 0 Å². The van der Waals surface area contributed by atoms with Gasteiger partial charge in [-0.1, -0.05) is 6.42 Å². The average molecular weight is 256 g/mol. The molecule has 0 aromatic heterocycles. The minimum atomic E-state index is -0.724. The Balaban J connectivity index is 1.78. The fourth-order valence-corrected chi connectivity index (χ4v) is 2.85. The van der Waals surface area contributed by atoms with Crippen molar-refractivity contribution in [3.05, 3.63) is 0 Å². The second-order valence-electron chi connectivity index (χ2n) is 6.11. The van der Waals surface area contributed by atoms with Crippen LogP contribution in [0.4, 0.5) is 4.79 Å². The Morgan fingerprint density at radius 2 is 2.17 bits per heavy atom. The third-order valence-electron chi connectivity index (χ3n) is 4.22. The van der Waals surface area contributed by atoms with E-state index >= 15 is 0 Å². The molecular weight excluding hydrogens is 232 g/mol. The van der Waals surface area contributed by atoms with E-state index in [1.54, 1.807) is 18.9 Å². The molecule has 5 heteroatoms. The van der Waals surface area contributed by atoms with Crippen molar-refractivity contribution >= 4 is 6.03 Å². The van der Waals surface area contributed by atoms with Gasteiger partial charge >= 0.3 is 6.03 Å². The molecule has 1 heterocycles. The van der Waals surface area contributed by atoms with Gasteiger partial charge in [0.1, 0.15) is 0 Å². The molecule has 2 fully saturated rings. The van der Waals surface area contributed by atoms with Gasteiger partial charge in [-0.05, 0) is 26.2 Å². The van der Waals surface area contributed by atoms with Crippen molar-refractivity contribution in [2.45, 2.75) is 38.2 Å². The molecule has 104 valence electrons. The van der Waals surface area contributed by atoms with Crippen molar-refractivity contribution in [3.63, 3.8) is 0 Å². The maximum atomic E-state index is 12.0. The summed E-state index contributed by atoms with van der Waals surface area (Å²) in [7, 11) is 1.71. The highest BCUT2D eigenvalue weighted by molar-refractivity contribution is 5.74. The summed E-state index contributed by atoms with van der Waals surface area (Å²) in [6.45, 7) is 4.23. The number of carbonyl (C=O) groups excluding carboxylic acids is 1. The van der Waals surface area contributed by atoms with E-state index in [1.165, 1.54) is 6.42 Å². The Bertz CT molecular complexity index is 313. The zero-order chi connectivity index (χ0) is 13.2. The van der Waals surface area contributed by atoms with E-state index in [4.69, 9.17) is 4.74 Å². The summed E-state index contributed by atoms with van der Waals surface area (Å²) in [5, 5.41) is 12.8. The van der Waals surface area contributed by atoms with Crippen molar-refractivity contribution in [2.75, 3.05) is 33.4 Å². The highest BCUT2D eigenvalue weighted by Gasteiger charge is 2.39. The van der Waals surface area contributed by atoms with E-state index in [0.717, 1.165) is 12.8 Å². The third-order valence-corrected chi connectivity index (χ3v) is 4.22. The van der Waals surface area contributed by atoms with Crippen LogP contribution < -0.4 is 5.32 Å². The number of aliphatic hydroxyl groups is 1. The molecule has 0 spiro atoms. The predicted molar refractivity (Wildman–Crippen MR) is 68.4 cm³/mol. The van der Waals surface area contributed by atoms with Crippen LogP contribution in [0.1, 0.15) is 32.6 Å². The minimum Gasteiger partial charge on any atom is -0.388 e. The van der Waals surface area contributed by atoms with E-state index < -0.39 is 5.60 Å². The number of hydrogen-bond donors (Lipinski definition) is 2. The lowest BCUT2D eigenvalue weighted by Crippen LogP contribution is -2.49. The number of amides is 2. The van der Waals surface area contributed by atoms with Crippen LogP contribution in [0.2, 0.25) is 0 Å². The van der Waals surface area contributed by atoms with Gasteiger partial charge in [-0.25, -0.2) is 4.79 Å². The molecule has 2 amide bonds. The summed E-state index contributed by atoms with van der Waals surface area (Å²) < 4.78 is 5.24. The SMILES string of the molecule is COCC1(CNC(=O)N2CCC(C)(O)C2)CCC1. The van der Waals surface area contributed by atoms with Gasteiger partial charge in [0.25, 0.3) is 0 Å². The van der Waals surface area contributed by atoms with E-state index in [1.807, 2.05) is 0 Å². The lowest BCUT2D eigenvalue weighted by molar-refractivity contribution is 0.0188. The predicted octanol–water partition coefficient (Wildman–Crippen LogP) is 0.969. The number of carbonyl (C=O) groups is 1. The number of nitrogens with zero attached hydrogens (tertiary/aromatic N) is 1. The first-order valence-corrected chi connectivity index (χ1v) is 6.71. The van der Waals surface area contributed by atoms with Gasteiger partial charge in [-0.3, -0.25) is 0 Å². The number of hydrogen-bond acceptors (Lipinski definition) is 3. The molecule has 0 bridgehead atoms. The zero-order valence-electron chi connectivity index (χ0n) is 11.4. The molecular formula is C13H24N2O3. The summed E-state index contributed by atoms with van der Waals surface area (Å²) in [5.74, 6) is 0. The Labute approximate surface area is 108 Å². The quantitative estimate of drug-likeness (QED) is 0.788. The summed E-state index contributed by atoms with van der Waals surface area (Å²) in [6.07, 6.45) is 4.12. The number of rotatable bonds is 4. The monoisotopic (exact) mass is 256 g/mol. The first kappa shape index (κ1) is 13.6. The lowest BCUT2D eigenvalue weighted by Gasteiger charge is -2.41. The number of likely N-dealkylation sites (tertiary alicyclic amines) is 1. The van der Waals surface area contributed by atoms with E-state index in [2.05, 4.69) is 5.32 Å². The van der Waals surface area contributed by atoms with Crippen LogP contribution in [-0.2, 0) is 4.74 Å². The van der Waals surface area contributed by atoms with Gasteiger partial charge in [-0.2, -0.15) is 0 Å². The average Bonchev–Trinajstić information content (AvgIpc) is 2.62. The van der Waals surface area contributed by atoms with Crippen LogP contribution in [0.25, 0.3) is 0 Å². The summed E-state index contributed by atoms with van der Waals surface area (Å²) in [5.41, 5.74) is -0.579. The molecule has 1 saturated carbocycles. The number of ether oxygens (including phenoxy) is 1. The Morgan fingerprint density at radius 1 is 1.44 bits per heavy atom. The van der Waals surface area contributed by atoms with Crippen LogP contribution in [0, 0.1) is 5.41 Å². The molecule has 2 aliphatic rings. The molecule has 0 radical (unpaired) electrons. The molecule has 0 aromatic carbocycles. The number of nitrogens with one attached hydrogen (secondary N) is 1. The standard InChI is InChI=1S/C13H24N2O3/c1-12(17)6-7-15(9-12)11(16)14-8-13(10-18-2)4-3-5-13/h17H,3-10H2,1-2H3,(H,14,16). The molecule has 1 aliphatic carbocycles. The fourth-order valence-electron chi connectivity index (χ4n) is 2.85. The number of methoxy groups -OCH3 is 1. The first-order valence-electron chi connectivity index (χ1n) is 6.71. The van der Waals surface area contributed by atoms with Crippen molar-refractivity contribution in [3.8, 4) is 0 Å². The van der Waals surface area contributed by atoms with Crippen LogP contribution in [-0.4, -0.2) is 55.0 Å². The van der Waals surface area contributed by atoms with Gasteiger partial charge in [-0.15, -0.1) is 0 Å². The topological polar surface area (TPSA) is 61.8 Å². The normalized spacial score (nSPS) is 30.1. The molecule has 1 saturated heterocycles. The summed E-state index contributed by atoms with van der Waals surface area (Å²) >= 11 is 0. The second kappa shape index (κ2) is 5.05. The van der Waals surface area contributed by atoms with Crippen LogP contribution >= 0.6 is 0 Å². The van der Waals surface area contributed by atoms with Gasteiger partial charge in [0, 0.05) is 25.6 Å². The lowest BCUT2D eigenvalue weighted by atomic mass is 9.69. The molecule has 1 aliphatic heterocycles. The van der Waals surface area contributed by atoms with E-state index in [-0.39, 0.29) is 11.4 Å². The van der Waals surface area contributed by atoms with Gasteiger partial charge in [0.05, 0.1) is 18.8 Å². The number of β-amino-alcohol motifs (C(OH)–C–C–N with tert-alkyl or cyclic N) is 1. The minimum absolute atomic E-state index is 0.0600. The van der Waals surface area contributed by atoms with Gasteiger partial charge < -0.3 is 20.1 Å². The van der Waals surface area contributed by atoms with Crippen LogP contribution in [0.3, 0.4) is 0 Å². The van der Waals surface area contributed by atoms with Crippen molar-refractivity contribution in [2.24, 2.45) is 5.41 Å². The third kappa shape index (κ3) is 2.95. The van der Waals surface area contributed by atoms with E-state index in [0.29, 0.717) is 32.7 Å². The molecule has 1 unspecified atom stereocenters. The molecule has 2 N–H and O–H groups in total. The Hall–Kier alpha value is -0.810. The molecule has 1 atom stereocenters. The highest BCUT2D eigenvalue weighted by Crippen LogP contribution is 2.40. The largest absolute Gasteiger partial charge is 0.388 e. The maximum Gasteiger partial charge on any atom is 0.317 e. The van der Waals surface area contributed by atoms with Crippen LogP contribution in [0.5, 0.6) is 0 Å². The molecule has 2 rings (SSSR count). The fraction of sp³-hybridized carbons (Fsp3) is 0.923. The summed E-state index contributed by atoms with van der Waals surface area (Å²) in [6, 6.07) is -0.0600. The second-order valence-corrected chi connectivity index (χ2v) is 6.11. The Kier molecular flexibility index (Phi) is 3.82. The van der Waals surface area contributed by atoms with Crippen molar-refractivity contribution in [1.82, 2.24) is 10.2 Å². The number of urea groups is 1. The zero-order valence-corrected chi connectivity index (χ0v) is 11.4. The van der Waals surface area contributed by atoms with Gasteiger partial charge in [0.2, 0.25) is 0 Å². The first-order chi connectivity index (χ1) is 8.46. The summed E-state index contributed by atoms with van der Waals surface area (Å²) in [4.78, 5) is 13.7. The maximum absolute atomic E-state index is 12.0. The molecule has 0 aromatic rings. The van der Waals surface area contributed by atoms with Crippen LogP contribution in [0.15, 0.2) is 0 Å². The van der Waals surface area contributed by atoms with Crippen molar-refractivity contribution < 1.29 is 14.6 Å². The molecule has 18 heavy (non-hydrogen) atoms. The molecule has 5 nitrogen and oxygen atoms in total. The van der Waals surface area contributed by atoms with Crippen molar-refractivity contribution in [1.29, 1.82) is 0 Å². The smallest absolute Gasteiger partial charge is 0.317 e. The van der Waals surface area contributed by atoms with E-state index in [9.17, 15) is 9.90 Å².